The topological polar surface area (TPSA) is 60.4 Å². The van der Waals surface area contributed by atoms with E-state index in [1.807, 2.05) is 6.08 Å². The van der Waals surface area contributed by atoms with E-state index in [-0.39, 0.29) is 34.3 Å². The van der Waals surface area contributed by atoms with E-state index in [2.05, 4.69) is 13.8 Å². The summed E-state index contributed by atoms with van der Waals surface area (Å²) in [5.74, 6) is 0.649. The molecule has 3 saturated carbocycles. The summed E-state index contributed by atoms with van der Waals surface area (Å²) >= 11 is 0. The van der Waals surface area contributed by atoms with Crippen LogP contribution in [-0.2, 0) is 19.1 Å². The number of hydrogen-bond acceptors (Lipinski definition) is 4. The van der Waals surface area contributed by atoms with Gasteiger partial charge >= 0.3 is 5.97 Å². The van der Waals surface area contributed by atoms with Gasteiger partial charge in [0.15, 0.2) is 5.78 Å². The Morgan fingerprint density at radius 1 is 1.23 bits per heavy atom. The number of esters is 1. The molecule has 0 spiro atoms. The summed E-state index contributed by atoms with van der Waals surface area (Å²) < 4.78 is 4.82. The number of Topliss-reactive ketones (excluding diaryl/α,β-unsaturated/α-hetero) is 1. The maximum atomic E-state index is 13.3. The fourth-order valence-corrected chi connectivity index (χ4v) is 6.32. The number of allylic oxidation sites excluding steroid dienone is 5. The fourth-order valence-electron chi connectivity index (χ4n) is 6.32. The highest BCUT2D eigenvalue weighted by molar-refractivity contribution is 6.01. The van der Waals surface area contributed by atoms with Crippen molar-refractivity contribution in [2.75, 3.05) is 7.11 Å². The quantitative estimate of drug-likeness (QED) is 0.533. The van der Waals surface area contributed by atoms with E-state index in [0.29, 0.717) is 18.3 Å². The third-order valence-electron chi connectivity index (χ3n) is 7.60. The number of ether oxygens (including phenoxy) is 1. The van der Waals surface area contributed by atoms with Gasteiger partial charge in [0.25, 0.3) is 0 Å². The van der Waals surface area contributed by atoms with Crippen LogP contribution in [0.3, 0.4) is 0 Å². The second kappa shape index (κ2) is 5.77. The third-order valence-corrected chi connectivity index (χ3v) is 7.60. The van der Waals surface area contributed by atoms with Crippen LogP contribution in [0.5, 0.6) is 0 Å². The molecule has 0 bridgehead atoms. The van der Waals surface area contributed by atoms with Gasteiger partial charge in [0.1, 0.15) is 5.78 Å². The Labute approximate surface area is 154 Å². The molecule has 4 nitrogen and oxygen atoms in total. The normalized spacial score (nSPS) is 42.8. The summed E-state index contributed by atoms with van der Waals surface area (Å²) in [6.07, 6.45) is 11.1. The van der Waals surface area contributed by atoms with Gasteiger partial charge < -0.3 is 4.74 Å². The van der Waals surface area contributed by atoms with Gasteiger partial charge in [-0.15, -0.1) is 0 Å². The van der Waals surface area contributed by atoms with E-state index in [1.54, 1.807) is 18.2 Å². The molecule has 0 aromatic carbocycles. The number of methoxy groups -OCH3 is 1. The Balaban J connectivity index is 1.72. The maximum absolute atomic E-state index is 13.3. The van der Waals surface area contributed by atoms with Crippen LogP contribution in [0.15, 0.2) is 35.5 Å². The summed E-state index contributed by atoms with van der Waals surface area (Å²) in [5.41, 5.74) is 1.62. The molecule has 0 N–H and O–H groups in total. The van der Waals surface area contributed by atoms with Crippen LogP contribution in [0.25, 0.3) is 0 Å². The Hall–Kier alpha value is -1.97. The molecular weight excluding hydrogens is 328 g/mol. The van der Waals surface area contributed by atoms with Gasteiger partial charge in [0.05, 0.1) is 7.11 Å². The summed E-state index contributed by atoms with van der Waals surface area (Å²) in [7, 11) is 1.39. The van der Waals surface area contributed by atoms with Crippen LogP contribution in [0, 0.1) is 28.6 Å². The van der Waals surface area contributed by atoms with Gasteiger partial charge in [0, 0.05) is 23.8 Å². The molecule has 4 aliphatic rings. The monoisotopic (exact) mass is 354 g/mol. The Kier molecular flexibility index (Phi) is 3.87. The minimum absolute atomic E-state index is 0.0354. The zero-order valence-electron chi connectivity index (χ0n) is 15.7. The molecule has 26 heavy (non-hydrogen) atoms. The minimum Gasteiger partial charge on any atom is -0.466 e. The predicted octanol–water partition coefficient (Wildman–Crippen LogP) is 3.57. The number of hydrogen-bond donors (Lipinski definition) is 0. The lowest BCUT2D eigenvalue weighted by Gasteiger charge is -2.55. The molecule has 3 fully saturated rings. The van der Waals surface area contributed by atoms with Gasteiger partial charge in [-0.05, 0) is 55.1 Å². The zero-order chi connectivity index (χ0) is 18.7. The molecule has 5 unspecified atom stereocenters. The summed E-state index contributed by atoms with van der Waals surface area (Å²) in [5, 5.41) is 0. The molecule has 0 aromatic rings. The van der Waals surface area contributed by atoms with E-state index < -0.39 is 0 Å². The first-order valence-corrected chi connectivity index (χ1v) is 9.55. The molecule has 0 aromatic heterocycles. The van der Waals surface area contributed by atoms with Crippen LogP contribution >= 0.6 is 0 Å². The summed E-state index contributed by atoms with van der Waals surface area (Å²) in [6, 6.07) is 0. The molecule has 0 radical (unpaired) electrons. The average Bonchev–Trinajstić information content (AvgIpc) is 2.91. The number of fused-ring (bicyclic) bond motifs is 5. The van der Waals surface area contributed by atoms with Crippen LogP contribution in [0.4, 0.5) is 0 Å². The van der Waals surface area contributed by atoms with Crippen molar-refractivity contribution in [3.63, 3.8) is 0 Å². The molecule has 138 valence electrons. The van der Waals surface area contributed by atoms with E-state index in [9.17, 15) is 14.4 Å². The van der Waals surface area contributed by atoms with Crippen molar-refractivity contribution in [3.8, 4) is 0 Å². The first-order chi connectivity index (χ1) is 12.3. The highest BCUT2D eigenvalue weighted by atomic mass is 16.5. The highest BCUT2D eigenvalue weighted by Crippen LogP contribution is 2.64. The summed E-state index contributed by atoms with van der Waals surface area (Å²) in [4.78, 5) is 36.9. The van der Waals surface area contributed by atoms with Crippen molar-refractivity contribution in [1.29, 1.82) is 0 Å². The van der Waals surface area contributed by atoms with Crippen molar-refractivity contribution < 1.29 is 19.1 Å². The molecule has 0 amide bonds. The van der Waals surface area contributed by atoms with E-state index in [4.69, 9.17) is 4.74 Å². The third kappa shape index (κ3) is 2.30. The number of carbonyl (C=O) groups is 3. The molecule has 0 heterocycles. The fraction of sp³-hybridized carbons (Fsp3) is 0.591. The standard InChI is InChI=1S/C22H26O4/c1-21-9-8-15(23)10-13(21)4-6-16-17-7-5-14(11-19(25)26-3)22(17,2)12-18(24)20(16)21/h8-11,16-17,20H,4-7,12H2,1-3H3. The smallest absolute Gasteiger partial charge is 0.330 e. The van der Waals surface area contributed by atoms with Gasteiger partial charge in [0.2, 0.25) is 0 Å². The maximum Gasteiger partial charge on any atom is 0.330 e. The zero-order valence-corrected chi connectivity index (χ0v) is 15.7. The predicted molar refractivity (Wildman–Crippen MR) is 97.1 cm³/mol. The Morgan fingerprint density at radius 3 is 2.73 bits per heavy atom. The SMILES string of the molecule is COC(=O)C=C1CCC2C3CCC4=CC(=O)C=CC4(C)C3C(=O)CC12C. The lowest BCUT2D eigenvalue weighted by atomic mass is 9.48. The van der Waals surface area contributed by atoms with Crippen molar-refractivity contribution in [2.45, 2.75) is 46.0 Å². The lowest BCUT2D eigenvalue weighted by Crippen LogP contribution is -2.53. The largest absolute Gasteiger partial charge is 0.466 e. The first-order valence-electron chi connectivity index (χ1n) is 9.55. The van der Waals surface area contributed by atoms with Gasteiger partial charge in [-0.25, -0.2) is 4.79 Å². The molecule has 4 rings (SSSR count). The van der Waals surface area contributed by atoms with Crippen molar-refractivity contribution in [3.05, 3.63) is 35.5 Å². The van der Waals surface area contributed by atoms with E-state index >= 15 is 0 Å². The van der Waals surface area contributed by atoms with Gasteiger partial charge in [-0.2, -0.15) is 0 Å². The van der Waals surface area contributed by atoms with Crippen LogP contribution in [0.2, 0.25) is 0 Å². The number of ketones is 2. The molecule has 0 saturated heterocycles. The van der Waals surface area contributed by atoms with E-state index in [0.717, 1.165) is 36.8 Å². The van der Waals surface area contributed by atoms with Crippen molar-refractivity contribution in [1.82, 2.24) is 0 Å². The molecule has 4 aliphatic carbocycles. The van der Waals surface area contributed by atoms with Gasteiger partial charge in [-0.3, -0.25) is 9.59 Å². The molecule has 4 heteroatoms. The summed E-state index contributed by atoms with van der Waals surface area (Å²) in [6.45, 7) is 4.28. The Bertz CT molecular complexity index is 786. The second-order valence-corrected chi connectivity index (χ2v) is 8.77. The van der Waals surface area contributed by atoms with Gasteiger partial charge in [-0.1, -0.05) is 31.1 Å². The lowest BCUT2D eigenvalue weighted by molar-refractivity contribution is -0.140. The van der Waals surface area contributed by atoms with Crippen LogP contribution < -0.4 is 0 Å². The van der Waals surface area contributed by atoms with Crippen LogP contribution in [0.1, 0.15) is 46.0 Å². The highest BCUT2D eigenvalue weighted by Gasteiger charge is 2.60. The van der Waals surface area contributed by atoms with Crippen LogP contribution in [-0.4, -0.2) is 24.6 Å². The first kappa shape index (κ1) is 17.4. The molecule has 0 aliphatic heterocycles. The van der Waals surface area contributed by atoms with E-state index in [1.165, 1.54) is 7.11 Å². The van der Waals surface area contributed by atoms with Crippen molar-refractivity contribution >= 4 is 17.5 Å². The Morgan fingerprint density at radius 2 is 2.00 bits per heavy atom. The molecular formula is C22H26O4. The average molecular weight is 354 g/mol. The second-order valence-electron chi connectivity index (χ2n) is 8.77. The van der Waals surface area contributed by atoms with Crippen molar-refractivity contribution in [2.24, 2.45) is 28.6 Å². The number of rotatable bonds is 1. The number of carbonyl (C=O) groups excluding carboxylic acids is 3. The minimum atomic E-state index is -0.329. The molecule has 5 atom stereocenters.